The lowest BCUT2D eigenvalue weighted by atomic mass is 9.85. The molecule has 0 radical (unpaired) electrons. The van der Waals surface area contributed by atoms with Gasteiger partial charge in [-0.2, -0.15) is 0 Å². The Kier molecular flexibility index (Phi) is 7.86. The Bertz CT molecular complexity index is 1090. The van der Waals surface area contributed by atoms with Crippen LogP contribution in [0, 0.1) is 19.8 Å². The standard InChI is InChI=1S/C31H38O3/c1-20(2)17-28(23-9-11-25(12-10-23)30(32)33-8)34-27-18-21(3)29(22(4)19-27)24-13-15-26(16-14-24)31(5,6)7/h9-16,18-20,28H,17H2,1-8H3. The van der Waals surface area contributed by atoms with Gasteiger partial charge < -0.3 is 9.47 Å². The van der Waals surface area contributed by atoms with Gasteiger partial charge in [-0.1, -0.05) is 71.0 Å². The first-order chi connectivity index (χ1) is 16.0. The van der Waals surface area contributed by atoms with E-state index in [2.05, 4.69) is 84.9 Å². The van der Waals surface area contributed by atoms with E-state index in [4.69, 9.17) is 9.47 Å². The van der Waals surface area contributed by atoms with Gasteiger partial charge in [-0.3, -0.25) is 0 Å². The number of carbonyl (C=O) groups excluding carboxylic acids is 1. The second kappa shape index (κ2) is 10.5. The molecule has 0 aliphatic carbocycles. The zero-order valence-electron chi connectivity index (χ0n) is 21.9. The van der Waals surface area contributed by atoms with E-state index >= 15 is 0 Å². The number of esters is 1. The number of rotatable bonds is 7. The number of methoxy groups -OCH3 is 1. The van der Waals surface area contributed by atoms with Gasteiger partial charge in [0, 0.05) is 0 Å². The number of hydrogen-bond acceptors (Lipinski definition) is 3. The highest BCUT2D eigenvalue weighted by Gasteiger charge is 2.19. The molecular weight excluding hydrogens is 420 g/mol. The molecule has 180 valence electrons. The predicted octanol–water partition coefficient (Wildman–Crippen LogP) is 8.22. The third-order valence-corrected chi connectivity index (χ3v) is 6.21. The molecule has 34 heavy (non-hydrogen) atoms. The normalized spacial score (nSPS) is 12.5. The van der Waals surface area contributed by atoms with Crippen molar-refractivity contribution >= 4 is 5.97 Å². The van der Waals surface area contributed by atoms with Crippen molar-refractivity contribution in [1.29, 1.82) is 0 Å². The fourth-order valence-corrected chi connectivity index (χ4v) is 4.38. The van der Waals surface area contributed by atoms with Gasteiger partial charge in [0.1, 0.15) is 11.9 Å². The van der Waals surface area contributed by atoms with Crippen LogP contribution in [-0.4, -0.2) is 13.1 Å². The van der Waals surface area contributed by atoms with Crippen LogP contribution in [0.5, 0.6) is 5.75 Å². The van der Waals surface area contributed by atoms with Gasteiger partial charge in [-0.05, 0) is 89.2 Å². The molecule has 3 aromatic rings. The van der Waals surface area contributed by atoms with Gasteiger partial charge in [0.2, 0.25) is 0 Å². The van der Waals surface area contributed by atoms with Gasteiger partial charge >= 0.3 is 5.97 Å². The number of aryl methyl sites for hydroxylation is 2. The average Bonchev–Trinajstić information content (AvgIpc) is 2.77. The Morgan fingerprint density at radius 1 is 0.882 bits per heavy atom. The quantitative estimate of drug-likeness (QED) is 0.335. The van der Waals surface area contributed by atoms with E-state index < -0.39 is 0 Å². The van der Waals surface area contributed by atoms with E-state index in [0.29, 0.717) is 11.5 Å². The van der Waals surface area contributed by atoms with E-state index in [-0.39, 0.29) is 17.5 Å². The molecule has 0 spiro atoms. The van der Waals surface area contributed by atoms with Gasteiger partial charge in [0.05, 0.1) is 12.7 Å². The summed E-state index contributed by atoms with van der Waals surface area (Å²) in [5.41, 5.74) is 7.96. The van der Waals surface area contributed by atoms with Gasteiger partial charge in [0.25, 0.3) is 0 Å². The van der Waals surface area contributed by atoms with Crippen molar-refractivity contribution in [2.24, 2.45) is 5.92 Å². The Hall–Kier alpha value is -3.07. The van der Waals surface area contributed by atoms with E-state index in [1.54, 1.807) is 12.1 Å². The topological polar surface area (TPSA) is 35.5 Å². The smallest absolute Gasteiger partial charge is 0.337 e. The number of carbonyl (C=O) groups is 1. The molecule has 1 unspecified atom stereocenters. The van der Waals surface area contributed by atoms with Crippen molar-refractivity contribution in [2.75, 3.05) is 7.11 Å². The molecule has 0 saturated carbocycles. The van der Waals surface area contributed by atoms with Crippen LogP contribution in [0.3, 0.4) is 0 Å². The number of ether oxygens (including phenoxy) is 2. The van der Waals surface area contributed by atoms with Gasteiger partial charge in [-0.25, -0.2) is 4.79 Å². The summed E-state index contributed by atoms with van der Waals surface area (Å²) in [7, 11) is 1.40. The first kappa shape index (κ1) is 25.6. The molecule has 0 aromatic heterocycles. The monoisotopic (exact) mass is 458 g/mol. The molecule has 1 atom stereocenters. The zero-order chi connectivity index (χ0) is 25.0. The van der Waals surface area contributed by atoms with Crippen molar-refractivity contribution in [3.63, 3.8) is 0 Å². The maximum absolute atomic E-state index is 11.8. The molecule has 0 amide bonds. The van der Waals surface area contributed by atoms with Crippen molar-refractivity contribution in [3.05, 3.63) is 88.5 Å². The molecule has 0 bridgehead atoms. The lowest BCUT2D eigenvalue weighted by molar-refractivity contribution is 0.0600. The zero-order valence-corrected chi connectivity index (χ0v) is 21.9. The molecule has 3 aromatic carbocycles. The second-order valence-corrected chi connectivity index (χ2v) is 10.6. The largest absolute Gasteiger partial charge is 0.486 e. The summed E-state index contributed by atoms with van der Waals surface area (Å²) in [6.45, 7) is 15.4. The summed E-state index contributed by atoms with van der Waals surface area (Å²) in [5.74, 6) is 1.01. The Balaban J connectivity index is 1.89. The Morgan fingerprint density at radius 2 is 1.44 bits per heavy atom. The van der Waals surface area contributed by atoms with Crippen molar-refractivity contribution < 1.29 is 14.3 Å². The van der Waals surface area contributed by atoms with Crippen LogP contribution in [0.4, 0.5) is 0 Å². The first-order valence-corrected chi connectivity index (χ1v) is 12.1. The van der Waals surface area contributed by atoms with E-state index in [0.717, 1.165) is 17.7 Å². The third-order valence-electron chi connectivity index (χ3n) is 6.21. The van der Waals surface area contributed by atoms with Crippen molar-refractivity contribution in [1.82, 2.24) is 0 Å². The second-order valence-electron chi connectivity index (χ2n) is 10.6. The first-order valence-electron chi connectivity index (χ1n) is 12.1. The maximum atomic E-state index is 11.8. The molecule has 0 aliphatic heterocycles. The number of benzene rings is 3. The Morgan fingerprint density at radius 3 is 1.91 bits per heavy atom. The van der Waals surface area contributed by atoms with Crippen LogP contribution in [0.1, 0.15) is 79.8 Å². The summed E-state index contributed by atoms with van der Waals surface area (Å²) in [6.07, 6.45) is 0.786. The van der Waals surface area contributed by atoms with Crippen molar-refractivity contribution in [2.45, 2.75) is 66.4 Å². The summed E-state index contributed by atoms with van der Waals surface area (Å²) >= 11 is 0. The lowest BCUT2D eigenvalue weighted by Crippen LogP contribution is -2.12. The van der Waals surface area contributed by atoms with Crippen LogP contribution >= 0.6 is 0 Å². The molecule has 0 saturated heterocycles. The molecule has 0 aliphatic rings. The minimum absolute atomic E-state index is 0.0950. The molecular formula is C31H38O3. The fourth-order valence-electron chi connectivity index (χ4n) is 4.38. The average molecular weight is 459 g/mol. The minimum Gasteiger partial charge on any atom is -0.486 e. The molecule has 0 heterocycles. The van der Waals surface area contributed by atoms with E-state index in [9.17, 15) is 4.79 Å². The van der Waals surface area contributed by atoms with Gasteiger partial charge in [0.15, 0.2) is 0 Å². The predicted molar refractivity (Wildman–Crippen MR) is 141 cm³/mol. The highest BCUT2D eigenvalue weighted by molar-refractivity contribution is 5.89. The Labute approximate surface area is 205 Å². The van der Waals surface area contributed by atoms with Crippen LogP contribution in [0.2, 0.25) is 0 Å². The highest BCUT2D eigenvalue weighted by atomic mass is 16.5. The van der Waals surface area contributed by atoms with E-state index in [1.807, 2.05) is 12.1 Å². The molecule has 0 N–H and O–H groups in total. The summed E-state index contributed by atoms with van der Waals surface area (Å²) in [4.78, 5) is 11.8. The summed E-state index contributed by atoms with van der Waals surface area (Å²) in [5, 5.41) is 0. The minimum atomic E-state index is -0.328. The lowest BCUT2D eigenvalue weighted by Gasteiger charge is -2.23. The summed E-state index contributed by atoms with van der Waals surface area (Å²) in [6, 6.07) is 20.7. The van der Waals surface area contributed by atoms with Crippen LogP contribution in [0.15, 0.2) is 60.7 Å². The molecule has 0 fully saturated rings. The molecule has 3 rings (SSSR count). The van der Waals surface area contributed by atoms with Crippen LogP contribution in [-0.2, 0) is 10.2 Å². The van der Waals surface area contributed by atoms with Gasteiger partial charge in [-0.15, -0.1) is 0 Å². The number of hydrogen-bond donors (Lipinski definition) is 0. The molecule has 3 nitrogen and oxygen atoms in total. The SMILES string of the molecule is COC(=O)c1ccc(C(CC(C)C)Oc2cc(C)c(-c3ccc(C(C)(C)C)cc3)c(C)c2)cc1. The van der Waals surface area contributed by atoms with Crippen LogP contribution in [0.25, 0.3) is 11.1 Å². The van der Waals surface area contributed by atoms with Crippen molar-refractivity contribution in [3.8, 4) is 16.9 Å². The highest BCUT2D eigenvalue weighted by Crippen LogP contribution is 2.35. The maximum Gasteiger partial charge on any atom is 0.337 e. The van der Waals surface area contributed by atoms with E-state index in [1.165, 1.54) is 34.9 Å². The summed E-state index contributed by atoms with van der Waals surface area (Å²) < 4.78 is 11.4. The van der Waals surface area contributed by atoms with Crippen LogP contribution < -0.4 is 4.74 Å². The molecule has 3 heteroatoms. The third kappa shape index (κ3) is 6.08. The fraction of sp³-hybridized carbons (Fsp3) is 0.387.